The fourth-order valence-electron chi connectivity index (χ4n) is 1.29. The maximum atomic E-state index is 11.8. The first-order chi connectivity index (χ1) is 7.04. The summed E-state index contributed by atoms with van der Waals surface area (Å²) in [6.07, 6.45) is 1.54. The molecule has 0 N–H and O–H groups in total. The molecule has 15 heavy (non-hydrogen) atoms. The van der Waals surface area contributed by atoms with E-state index in [0.29, 0.717) is 27.9 Å². The van der Waals surface area contributed by atoms with Gasteiger partial charge in [-0.25, -0.2) is 0 Å². The van der Waals surface area contributed by atoms with Crippen LogP contribution >= 0.6 is 23.2 Å². The number of ketones is 1. The lowest BCUT2D eigenvalue weighted by molar-refractivity contribution is 0.0964. The first-order valence-corrected chi connectivity index (χ1v) is 5.78. The van der Waals surface area contributed by atoms with Gasteiger partial charge in [0.2, 0.25) is 0 Å². The van der Waals surface area contributed by atoms with Gasteiger partial charge in [-0.3, -0.25) is 4.79 Å². The van der Waals surface area contributed by atoms with Crippen molar-refractivity contribution in [3.8, 4) is 0 Å². The molecule has 82 valence electrons. The lowest BCUT2D eigenvalue weighted by Gasteiger charge is -2.08. The zero-order chi connectivity index (χ0) is 11.4. The van der Waals surface area contributed by atoms with Gasteiger partial charge in [0.1, 0.15) is 0 Å². The van der Waals surface area contributed by atoms with E-state index in [0.717, 1.165) is 6.42 Å². The maximum absolute atomic E-state index is 11.8. The van der Waals surface area contributed by atoms with Crippen molar-refractivity contribution < 1.29 is 4.79 Å². The summed E-state index contributed by atoms with van der Waals surface area (Å²) in [5.74, 6) is 0.482. The fourth-order valence-corrected chi connectivity index (χ4v) is 1.80. The molecule has 1 aromatic rings. The first-order valence-electron chi connectivity index (χ1n) is 5.02. The molecular weight excluding hydrogens is 231 g/mol. The Hall–Kier alpha value is -0.530. The molecule has 0 heterocycles. The molecule has 0 aromatic heterocycles. The zero-order valence-corrected chi connectivity index (χ0v) is 10.4. The molecule has 3 heteroatoms. The molecule has 0 fully saturated rings. The predicted octanol–water partition coefficient (Wildman–Crippen LogP) is 4.61. The molecule has 0 bridgehead atoms. The van der Waals surface area contributed by atoms with Crippen LogP contribution in [-0.2, 0) is 0 Å². The van der Waals surface area contributed by atoms with Crippen LogP contribution in [-0.4, -0.2) is 5.78 Å². The second-order valence-corrected chi connectivity index (χ2v) is 4.61. The van der Waals surface area contributed by atoms with Crippen molar-refractivity contribution in [3.63, 3.8) is 0 Å². The molecule has 1 aromatic carbocycles. The van der Waals surface area contributed by atoms with Crippen molar-refractivity contribution in [2.75, 3.05) is 0 Å². The molecule has 0 amide bonds. The third-order valence-electron chi connectivity index (χ3n) is 2.46. The summed E-state index contributed by atoms with van der Waals surface area (Å²) in [7, 11) is 0. The second-order valence-electron chi connectivity index (χ2n) is 3.76. The summed E-state index contributed by atoms with van der Waals surface area (Å²) < 4.78 is 0. The summed E-state index contributed by atoms with van der Waals surface area (Å²) in [6, 6.07) is 4.99. The van der Waals surface area contributed by atoms with E-state index in [1.807, 2.05) is 0 Å². The van der Waals surface area contributed by atoms with Crippen LogP contribution in [0.3, 0.4) is 0 Å². The SMILES string of the molecule is CCC(C)CC(=O)c1ccc(Cl)cc1Cl. The minimum atomic E-state index is 0.0889. The van der Waals surface area contributed by atoms with Gasteiger partial charge in [0, 0.05) is 17.0 Å². The van der Waals surface area contributed by atoms with Gasteiger partial charge in [-0.1, -0.05) is 43.5 Å². The Labute approximate surface area is 100 Å². The molecule has 0 aliphatic rings. The van der Waals surface area contributed by atoms with Gasteiger partial charge in [0.15, 0.2) is 5.78 Å². The molecule has 0 aliphatic heterocycles. The zero-order valence-electron chi connectivity index (χ0n) is 8.89. The molecule has 0 aliphatic carbocycles. The molecule has 1 unspecified atom stereocenters. The number of carbonyl (C=O) groups excluding carboxylic acids is 1. The lowest BCUT2D eigenvalue weighted by Crippen LogP contribution is -2.05. The molecule has 0 saturated heterocycles. The van der Waals surface area contributed by atoms with Crippen molar-refractivity contribution in [1.82, 2.24) is 0 Å². The van der Waals surface area contributed by atoms with Crippen molar-refractivity contribution >= 4 is 29.0 Å². The number of carbonyl (C=O) groups is 1. The number of hydrogen-bond acceptors (Lipinski definition) is 1. The highest BCUT2D eigenvalue weighted by Gasteiger charge is 2.13. The Morgan fingerprint density at radius 3 is 2.60 bits per heavy atom. The highest BCUT2D eigenvalue weighted by molar-refractivity contribution is 6.36. The maximum Gasteiger partial charge on any atom is 0.164 e. The van der Waals surface area contributed by atoms with Crippen molar-refractivity contribution in [2.24, 2.45) is 5.92 Å². The van der Waals surface area contributed by atoms with E-state index in [9.17, 15) is 4.79 Å². The van der Waals surface area contributed by atoms with Gasteiger partial charge in [-0.05, 0) is 24.1 Å². The van der Waals surface area contributed by atoms with Gasteiger partial charge in [-0.2, -0.15) is 0 Å². The molecule has 1 rings (SSSR count). The van der Waals surface area contributed by atoms with Crippen LogP contribution < -0.4 is 0 Å². The summed E-state index contributed by atoms with van der Waals surface area (Å²) >= 11 is 11.7. The monoisotopic (exact) mass is 244 g/mol. The Kier molecular flexibility index (Phi) is 4.62. The van der Waals surface area contributed by atoms with Crippen LogP contribution in [0.1, 0.15) is 37.0 Å². The largest absolute Gasteiger partial charge is 0.294 e. The molecule has 1 atom stereocenters. The van der Waals surface area contributed by atoms with Crippen molar-refractivity contribution in [1.29, 1.82) is 0 Å². The molecule has 0 radical (unpaired) electrons. The Balaban J connectivity index is 2.82. The average molecular weight is 245 g/mol. The summed E-state index contributed by atoms with van der Waals surface area (Å²) in [6.45, 7) is 4.13. The van der Waals surface area contributed by atoms with E-state index >= 15 is 0 Å². The molecule has 0 spiro atoms. The van der Waals surface area contributed by atoms with Crippen LogP contribution in [0.4, 0.5) is 0 Å². The van der Waals surface area contributed by atoms with E-state index in [2.05, 4.69) is 13.8 Å². The number of benzene rings is 1. The van der Waals surface area contributed by atoms with Crippen molar-refractivity contribution in [3.05, 3.63) is 33.8 Å². The third kappa shape index (κ3) is 3.51. The minimum Gasteiger partial charge on any atom is -0.294 e. The molecule has 0 saturated carbocycles. The van der Waals surface area contributed by atoms with Gasteiger partial charge in [-0.15, -0.1) is 0 Å². The van der Waals surface area contributed by atoms with E-state index < -0.39 is 0 Å². The van der Waals surface area contributed by atoms with Gasteiger partial charge in [0.05, 0.1) is 5.02 Å². The normalized spacial score (nSPS) is 12.5. The summed E-state index contributed by atoms with van der Waals surface area (Å²) in [4.78, 5) is 11.8. The minimum absolute atomic E-state index is 0.0889. The Morgan fingerprint density at radius 1 is 1.40 bits per heavy atom. The van der Waals surface area contributed by atoms with Crippen LogP contribution in [0.25, 0.3) is 0 Å². The van der Waals surface area contributed by atoms with Crippen LogP contribution in [0.2, 0.25) is 10.0 Å². The fraction of sp³-hybridized carbons (Fsp3) is 0.417. The average Bonchev–Trinajstić information content (AvgIpc) is 2.17. The topological polar surface area (TPSA) is 17.1 Å². The van der Waals surface area contributed by atoms with E-state index in [-0.39, 0.29) is 5.78 Å². The highest BCUT2D eigenvalue weighted by Crippen LogP contribution is 2.23. The van der Waals surface area contributed by atoms with Gasteiger partial charge in [0.25, 0.3) is 0 Å². The Bertz CT molecular complexity index is 361. The number of Topliss-reactive ketones (excluding diaryl/α,β-unsaturated/α-hetero) is 1. The highest BCUT2D eigenvalue weighted by atomic mass is 35.5. The molecule has 1 nitrogen and oxygen atoms in total. The number of hydrogen-bond donors (Lipinski definition) is 0. The third-order valence-corrected chi connectivity index (χ3v) is 3.01. The number of rotatable bonds is 4. The Morgan fingerprint density at radius 2 is 2.07 bits per heavy atom. The van der Waals surface area contributed by atoms with E-state index in [1.54, 1.807) is 18.2 Å². The number of halogens is 2. The smallest absolute Gasteiger partial charge is 0.164 e. The van der Waals surface area contributed by atoms with Crippen LogP contribution in [0, 0.1) is 5.92 Å². The lowest BCUT2D eigenvalue weighted by atomic mass is 9.98. The van der Waals surface area contributed by atoms with Crippen LogP contribution in [0.5, 0.6) is 0 Å². The first kappa shape index (κ1) is 12.5. The van der Waals surface area contributed by atoms with Crippen molar-refractivity contribution in [2.45, 2.75) is 26.7 Å². The quantitative estimate of drug-likeness (QED) is 0.708. The predicted molar refractivity (Wildman–Crippen MR) is 64.9 cm³/mol. The molecular formula is C12H14Cl2O. The van der Waals surface area contributed by atoms with Gasteiger partial charge < -0.3 is 0 Å². The van der Waals surface area contributed by atoms with E-state index in [1.165, 1.54) is 0 Å². The van der Waals surface area contributed by atoms with E-state index in [4.69, 9.17) is 23.2 Å². The van der Waals surface area contributed by atoms with Crippen LogP contribution in [0.15, 0.2) is 18.2 Å². The summed E-state index contributed by atoms with van der Waals surface area (Å²) in [5.41, 5.74) is 0.571. The second kappa shape index (κ2) is 5.53. The van der Waals surface area contributed by atoms with Gasteiger partial charge >= 0.3 is 0 Å². The summed E-state index contributed by atoms with van der Waals surface area (Å²) in [5, 5.41) is 0.996. The standard InChI is InChI=1S/C12H14Cl2O/c1-3-8(2)6-12(15)10-5-4-9(13)7-11(10)14/h4-5,7-8H,3,6H2,1-2H3.